The van der Waals surface area contributed by atoms with Gasteiger partial charge in [-0.05, 0) is 47.0 Å². The third-order valence-electron chi connectivity index (χ3n) is 2.54. The van der Waals surface area contributed by atoms with Crippen molar-refractivity contribution in [2.45, 2.75) is 6.42 Å². The van der Waals surface area contributed by atoms with Gasteiger partial charge in [-0.15, -0.1) is 0 Å². The molecule has 2 aromatic rings. The molecule has 0 aliphatic carbocycles. The summed E-state index contributed by atoms with van der Waals surface area (Å²) in [6, 6.07) is 6.93. The highest BCUT2D eigenvalue weighted by Gasteiger charge is 2.09. The molecule has 0 spiro atoms. The maximum atomic E-state index is 11.9. The lowest BCUT2D eigenvalue weighted by Gasteiger charge is -2.07. The molecule has 0 saturated carbocycles. The van der Waals surface area contributed by atoms with Crippen molar-refractivity contribution in [2.24, 2.45) is 0 Å². The van der Waals surface area contributed by atoms with Crippen molar-refractivity contribution in [3.05, 3.63) is 51.2 Å². The van der Waals surface area contributed by atoms with E-state index in [0.717, 1.165) is 6.42 Å². The Morgan fingerprint density at radius 3 is 2.94 bits per heavy atom. The van der Waals surface area contributed by atoms with E-state index < -0.39 is 0 Å². The van der Waals surface area contributed by atoms with Crippen molar-refractivity contribution >= 4 is 34.5 Å². The Balaban J connectivity index is 1.93. The summed E-state index contributed by atoms with van der Waals surface area (Å²) in [5.41, 5.74) is 7.82. The SMILES string of the molecule is Nc1ccc(Cl)cc1C(=O)NCCc1ccsc1. The van der Waals surface area contributed by atoms with E-state index in [1.165, 1.54) is 5.56 Å². The molecule has 18 heavy (non-hydrogen) atoms. The molecule has 94 valence electrons. The summed E-state index contributed by atoms with van der Waals surface area (Å²) in [4.78, 5) is 11.9. The van der Waals surface area contributed by atoms with Crippen LogP contribution in [0.5, 0.6) is 0 Å². The number of rotatable bonds is 4. The van der Waals surface area contributed by atoms with E-state index in [1.807, 2.05) is 11.4 Å². The van der Waals surface area contributed by atoms with Gasteiger partial charge in [0.15, 0.2) is 0 Å². The van der Waals surface area contributed by atoms with E-state index in [9.17, 15) is 4.79 Å². The molecule has 0 fully saturated rings. The third kappa shape index (κ3) is 3.24. The highest BCUT2D eigenvalue weighted by molar-refractivity contribution is 7.07. The number of benzene rings is 1. The predicted octanol–water partition coefficient (Wildman–Crippen LogP) is 2.96. The van der Waals surface area contributed by atoms with Gasteiger partial charge in [0.1, 0.15) is 0 Å². The van der Waals surface area contributed by atoms with E-state index in [4.69, 9.17) is 17.3 Å². The van der Waals surface area contributed by atoms with Crippen molar-refractivity contribution in [1.29, 1.82) is 0 Å². The summed E-state index contributed by atoms with van der Waals surface area (Å²) in [5.74, 6) is -0.190. The zero-order chi connectivity index (χ0) is 13.0. The van der Waals surface area contributed by atoms with Crippen LogP contribution in [0.25, 0.3) is 0 Å². The fraction of sp³-hybridized carbons (Fsp3) is 0.154. The molecule has 1 heterocycles. The minimum Gasteiger partial charge on any atom is -0.398 e. The normalized spacial score (nSPS) is 10.3. The van der Waals surface area contributed by atoms with Crippen LogP contribution in [0.2, 0.25) is 5.02 Å². The maximum Gasteiger partial charge on any atom is 0.253 e. The van der Waals surface area contributed by atoms with Crippen molar-refractivity contribution in [3.63, 3.8) is 0 Å². The number of hydrogen-bond acceptors (Lipinski definition) is 3. The first-order valence-electron chi connectivity index (χ1n) is 5.51. The molecule has 0 radical (unpaired) electrons. The number of nitrogen functional groups attached to an aromatic ring is 1. The van der Waals surface area contributed by atoms with Crippen LogP contribution >= 0.6 is 22.9 Å². The summed E-state index contributed by atoms with van der Waals surface area (Å²) < 4.78 is 0. The van der Waals surface area contributed by atoms with Gasteiger partial charge in [-0.25, -0.2) is 0 Å². The van der Waals surface area contributed by atoms with E-state index in [0.29, 0.717) is 22.8 Å². The Morgan fingerprint density at radius 2 is 2.22 bits per heavy atom. The summed E-state index contributed by atoms with van der Waals surface area (Å²) in [7, 11) is 0. The second-order valence-corrected chi connectivity index (χ2v) is 5.09. The second kappa shape index (κ2) is 5.89. The fourth-order valence-corrected chi connectivity index (χ4v) is 2.45. The van der Waals surface area contributed by atoms with E-state index >= 15 is 0 Å². The first kappa shape index (κ1) is 12.9. The molecule has 1 aromatic carbocycles. The lowest BCUT2D eigenvalue weighted by molar-refractivity contribution is 0.0955. The molecule has 2 rings (SSSR count). The highest BCUT2D eigenvalue weighted by atomic mass is 35.5. The molecule has 3 N–H and O–H groups in total. The Hall–Kier alpha value is -1.52. The molecule has 1 aromatic heterocycles. The van der Waals surface area contributed by atoms with Crippen LogP contribution in [0.4, 0.5) is 5.69 Å². The lowest BCUT2D eigenvalue weighted by Crippen LogP contribution is -2.26. The van der Waals surface area contributed by atoms with Crippen LogP contribution in [0, 0.1) is 0 Å². The molecular formula is C13H13ClN2OS. The summed E-state index contributed by atoms with van der Waals surface area (Å²) in [6.45, 7) is 0.585. The van der Waals surface area contributed by atoms with Crippen LogP contribution in [-0.2, 0) is 6.42 Å². The van der Waals surface area contributed by atoms with Crippen LogP contribution in [0.15, 0.2) is 35.0 Å². The van der Waals surface area contributed by atoms with Gasteiger partial charge in [-0.2, -0.15) is 11.3 Å². The number of carbonyl (C=O) groups is 1. The Morgan fingerprint density at radius 1 is 1.39 bits per heavy atom. The van der Waals surface area contributed by atoms with Crippen LogP contribution < -0.4 is 11.1 Å². The van der Waals surface area contributed by atoms with Crippen molar-refractivity contribution in [2.75, 3.05) is 12.3 Å². The minimum absolute atomic E-state index is 0.190. The van der Waals surface area contributed by atoms with Gasteiger partial charge in [0, 0.05) is 17.3 Å². The zero-order valence-electron chi connectivity index (χ0n) is 9.65. The van der Waals surface area contributed by atoms with Gasteiger partial charge in [0.05, 0.1) is 5.56 Å². The van der Waals surface area contributed by atoms with Crippen LogP contribution in [-0.4, -0.2) is 12.5 Å². The van der Waals surface area contributed by atoms with Gasteiger partial charge < -0.3 is 11.1 Å². The second-order valence-electron chi connectivity index (χ2n) is 3.87. The fourth-order valence-electron chi connectivity index (χ4n) is 1.58. The molecule has 5 heteroatoms. The number of nitrogens with one attached hydrogen (secondary N) is 1. The number of amides is 1. The van der Waals surface area contributed by atoms with E-state index in [2.05, 4.69) is 10.7 Å². The number of nitrogens with two attached hydrogens (primary N) is 1. The van der Waals surface area contributed by atoms with Crippen molar-refractivity contribution in [3.8, 4) is 0 Å². The van der Waals surface area contributed by atoms with Gasteiger partial charge in [0.2, 0.25) is 0 Å². The molecule has 0 unspecified atom stereocenters. The number of carbonyl (C=O) groups excluding carboxylic acids is 1. The largest absolute Gasteiger partial charge is 0.398 e. The van der Waals surface area contributed by atoms with Crippen molar-refractivity contribution in [1.82, 2.24) is 5.32 Å². The Bertz CT molecular complexity index is 540. The number of thiophene rings is 1. The summed E-state index contributed by atoms with van der Waals surface area (Å²) in [5, 5.41) is 7.43. The minimum atomic E-state index is -0.190. The molecule has 0 bridgehead atoms. The quantitative estimate of drug-likeness (QED) is 0.846. The van der Waals surface area contributed by atoms with Gasteiger partial charge >= 0.3 is 0 Å². The molecule has 3 nitrogen and oxygen atoms in total. The summed E-state index contributed by atoms with van der Waals surface area (Å²) >= 11 is 7.49. The lowest BCUT2D eigenvalue weighted by atomic mass is 10.1. The molecule has 0 aliphatic rings. The molecule has 0 atom stereocenters. The first-order valence-corrected chi connectivity index (χ1v) is 6.83. The highest BCUT2D eigenvalue weighted by Crippen LogP contribution is 2.17. The number of anilines is 1. The Labute approximate surface area is 115 Å². The van der Waals surface area contributed by atoms with E-state index in [-0.39, 0.29) is 5.91 Å². The van der Waals surface area contributed by atoms with Gasteiger partial charge in [-0.3, -0.25) is 4.79 Å². The number of hydrogen-bond donors (Lipinski definition) is 2. The third-order valence-corrected chi connectivity index (χ3v) is 3.51. The smallest absolute Gasteiger partial charge is 0.253 e. The monoisotopic (exact) mass is 280 g/mol. The van der Waals surface area contributed by atoms with Gasteiger partial charge in [0.25, 0.3) is 5.91 Å². The molecule has 1 amide bonds. The molecular weight excluding hydrogens is 268 g/mol. The Kier molecular flexibility index (Phi) is 4.23. The molecule has 0 saturated heterocycles. The van der Waals surface area contributed by atoms with Gasteiger partial charge in [-0.1, -0.05) is 11.6 Å². The topological polar surface area (TPSA) is 55.1 Å². The average Bonchev–Trinajstić information content (AvgIpc) is 2.85. The van der Waals surface area contributed by atoms with E-state index in [1.54, 1.807) is 29.5 Å². The predicted molar refractivity (Wildman–Crippen MR) is 76.2 cm³/mol. The number of halogens is 1. The van der Waals surface area contributed by atoms with Crippen molar-refractivity contribution < 1.29 is 4.79 Å². The maximum absolute atomic E-state index is 11.9. The average molecular weight is 281 g/mol. The summed E-state index contributed by atoms with van der Waals surface area (Å²) in [6.07, 6.45) is 0.815. The molecule has 0 aliphatic heterocycles. The first-order chi connectivity index (χ1) is 8.66. The zero-order valence-corrected chi connectivity index (χ0v) is 11.2. The van der Waals surface area contributed by atoms with Crippen LogP contribution in [0.1, 0.15) is 15.9 Å². The standard InChI is InChI=1S/C13H13ClN2OS/c14-10-1-2-12(15)11(7-10)13(17)16-5-3-9-4-6-18-8-9/h1-2,4,6-8H,3,5,15H2,(H,16,17). The van der Waals surface area contributed by atoms with Crippen LogP contribution in [0.3, 0.4) is 0 Å².